The first-order chi connectivity index (χ1) is 9.79. The Morgan fingerprint density at radius 2 is 2.10 bits per heavy atom. The Kier molecular flexibility index (Phi) is 2.98. The molecule has 1 aromatic carbocycles. The van der Waals surface area contributed by atoms with Crippen molar-refractivity contribution in [2.24, 2.45) is 5.73 Å². The van der Waals surface area contributed by atoms with Crippen molar-refractivity contribution in [1.29, 1.82) is 0 Å². The first kappa shape index (κ1) is 13.9. The number of fused-ring (bicyclic) bond motifs is 3. The molecule has 2 unspecified atom stereocenters. The predicted molar refractivity (Wildman–Crippen MR) is 70.2 cm³/mol. The summed E-state index contributed by atoms with van der Waals surface area (Å²) in [6.07, 6.45) is -3.24. The first-order valence-electron chi connectivity index (χ1n) is 6.50. The third-order valence-corrected chi connectivity index (χ3v) is 3.50. The maximum absolute atomic E-state index is 12.8. The van der Waals surface area contributed by atoms with Crippen molar-refractivity contribution >= 4 is 0 Å². The molecule has 0 amide bonds. The minimum Gasteiger partial charge on any atom is -0.482 e. The molecule has 2 atom stereocenters. The van der Waals surface area contributed by atoms with Crippen molar-refractivity contribution in [3.63, 3.8) is 0 Å². The van der Waals surface area contributed by atoms with E-state index in [0.29, 0.717) is 11.4 Å². The topological polar surface area (TPSA) is 53.1 Å². The number of hydrogen-bond donors (Lipinski definition) is 1. The van der Waals surface area contributed by atoms with Gasteiger partial charge in [0.1, 0.15) is 18.2 Å². The fourth-order valence-electron chi connectivity index (χ4n) is 2.55. The Morgan fingerprint density at radius 1 is 1.38 bits per heavy atom. The molecule has 1 aliphatic rings. The zero-order valence-corrected chi connectivity index (χ0v) is 11.5. The van der Waals surface area contributed by atoms with Crippen LogP contribution in [0, 0.1) is 0 Å². The molecular weight excluding hydrogens is 283 g/mol. The molecule has 4 nitrogen and oxygen atoms in total. The van der Waals surface area contributed by atoms with Crippen molar-refractivity contribution in [3.8, 4) is 11.4 Å². The van der Waals surface area contributed by atoms with Crippen LogP contribution in [0.1, 0.15) is 42.9 Å². The second kappa shape index (κ2) is 4.49. The normalized spacial score (nSPS) is 18.7. The van der Waals surface area contributed by atoms with Crippen molar-refractivity contribution in [3.05, 3.63) is 41.5 Å². The summed E-state index contributed by atoms with van der Waals surface area (Å²) in [5, 5.41) is 0. The van der Waals surface area contributed by atoms with Crippen LogP contribution in [0.2, 0.25) is 0 Å². The molecule has 0 radical (unpaired) electrons. The lowest BCUT2D eigenvalue weighted by molar-refractivity contribution is -0.137. The molecule has 21 heavy (non-hydrogen) atoms. The maximum atomic E-state index is 12.8. The summed E-state index contributed by atoms with van der Waals surface area (Å²) < 4.78 is 45.7. The minimum absolute atomic E-state index is 0.193. The van der Waals surface area contributed by atoms with E-state index in [1.54, 1.807) is 24.7 Å². The van der Waals surface area contributed by atoms with Gasteiger partial charge in [0.2, 0.25) is 0 Å². The minimum atomic E-state index is -4.40. The second-order valence-electron chi connectivity index (χ2n) is 5.11. The number of halogens is 3. The molecule has 112 valence electrons. The lowest BCUT2D eigenvalue weighted by atomic mass is 10.1. The Balaban J connectivity index is 2.15. The third-order valence-electron chi connectivity index (χ3n) is 3.50. The lowest BCUT2D eigenvalue weighted by Gasteiger charge is -2.27. The van der Waals surface area contributed by atoms with E-state index in [9.17, 15) is 13.2 Å². The zero-order chi connectivity index (χ0) is 15.4. The van der Waals surface area contributed by atoms with Crippen molar-refractivity contribution < 1.29 is 17.9 Å². The van der Waals surface area contributed by atoms with Gasteiger partial charge in [0, 0.05) is 6.04 Å². The molecule has 0 aliphatic carbocycles. The van der Waals surface area contributed by atoms with Crippen LogP contribution < -0.4 is 10.5 Å². The summed E-state index contributed by atoms with van der Waals surface area (Å²) in [4.78, 5) is 4.25. The maximum Gasteiger partial charge on any atom is 0.416 e. The number of benzene rings is 1. The molecule has 2 heterocycles. The molecule has 2 aromatic rings. The number of alkyl halides is 3. The largest absolute Gasteiger partial charge is 0.482 e. The standard InChI is InChI=1S/C14H14F3N3O/c1-7(18)12-13-8(2)21-11-5-9(14(15,16)17)3-4-10(11)20(13)6-19-12/h3-8H,18H2,1-2H3. The Hall–Kier alpha value is -2.02. The SMILES string of the molecule is CC(N)c1ncn2c1C(C)Oc1cc(C(F)(F)F)ccc1-2. The van der Waals surface area contributed by atoms with Crippen LogP contribution in [0.25, 0.3) is 5.69 Å². The van der Waals surface area contributed by atoms with Gasteiger partial charge in [-0.05, 0) is 32.0 Å². The van der Waals surface area contributed by atoms with Gasteiger partial charge in [-0.1, -0.05) is 0 Å². The van der Waals surface area contributed by atoms with E-state index in [1.807, 2.05) is 0 Å². The molecular formula is C14H14F3N3O. The lowest BCUT2D eigenvalue weighted by Crippen LogP contribution is -2.20. The Morgan fingerprint density at radius 3 is 2.71 bits per heavy atom. The van der Waals surface area contributed by atoms with Gasteiger partial charge in [-0.25, -0.2) is 4.98 Å². The molecule has 0 saturated heterocycles. The molecule has 0 spiro atoms. The monoisotopic (exact) mass is 297 g/mol. The number of nitrogens with zero attached hydrogens (tertiary/aromatic N) is 2. The molecule has 7 heteroatoms. The van der Waals surface area contributed by atoms with Crippen LogP contribution in [0.5, 0.6) is 5.75 Å². The van der Waals surface area contributed by atoms with E-state index in [2.05, 4.69) is 4.98 Å². The highest BCUT2D eigenvalue weighted by Crippen LogP contribution is 2.41. The fraction of sp³-hybridized carbons (Fsp3) is 0.357. The highest BCUT2D eigenvalue weighted by atomic mass is 19.4. The fourth-order valence-corrected chi connectivity index (χ4v) is 2.55. The van der Waals surface area contributed by atoms with Gasteiger partial charge in [-0.15, -0.1) is 0 Å². The van der Waals surface area contributed by atoms with Crippen LogP contribution in [0.15, 0.2) is 24.5 Å². The number of hydrogen-bond acceptors (Lipinski definition) is 3. The summed E-state index contributed by atoms with van der Waals surface area (Å²) in [6, 6.07) is 3.16. The van der Waals surface area contributed by atoms with Crippen LogP contribution in [0.3, 0.4) is 0 Å². The van der Waals surface area contributed by atoms with Crippen molar-refractivity contribution in [1.82, 2.24) is 9.55 Å². The quantitative estimate of drug-likeness (QED) is 0.878. The predicted octanol–water partition coefficient (Wildman–Crippen LogP) is 3.36. The van der Waals surface area contributed by atoms with E-state index in [1.165, 1.54) is 6.07 Å². The average Bonchev–Trinajstić information content (AvgIpc) is 2.82. The van der Waals surface area contributed by atoms with Crippen LogP contribution in [-0.4, -0.2) is 9.55 Å². The van der Waals surface area contributed by atoms with Gasteiger partial charge >= 0.3 is 6.18 Å². The van der Waals surface area contributed by atoms with Gasteiger partial charge in [-0.2, -0.15) is 13.2 Å². The van der Waals surface area contributed by atoms with Gasteiger partial charge < -0.3 is 10.5 Å². The molecule has 1 aliphatic heterocycles. The second-order valence-corrected chi connectivity index (χ2v) is 5.11. The number of nitrogens with two attached hydrogens (primary N) is 1. The zero-order valence-electron chi connectivity index (χ0n) is 11.5. The van der Waals surface area contributed by atoms with E-state index < -0.39 is 17.8 Å². The van der Waals surface area contributed by atoms with Gasteiger partial charge in [0.15, 0.2) is 0 Å². The molecule has 0 fully saturated rings. The summed E-state index contributed by atoms with van der Waals surface area (Å²) in [5.74, 6) is 0.193. The van der Waals surface area contributed by atoms with Crippen LogP contribution in [-0.2, 0) is 6.18 Å². The van der Waals surface area contributed by atoms with E-state index in [4.69, 9.17) is 10.5 Å². The summed E-state index contributed by atoms with van der Waals surface area (Å²) in [5.41, 5.74) is 7.13. The van der Waals surface area contributed by atoms with E-state index >= 15 is 0 Å². The van der Waals surface area contributed by atoms with Crippen molar-refractivity contribution in [2.75, 3.05) is 0 Å². The smallest absolute Gasteiger partial charge is 0.416 e. The Labute approximate surface area is 119 Å². The summed E-state index contributed by atoms with van der Waals surface area (Å²) in [6.45, 7) is 3.57. The molecule has 2 N–H and O–H groups in total. The number of imidazole rings is 1. The molecule has 1 aromatic heterocycles. The highest BCUT2D eigenvalue weighted by molar-refractivity contribution is 5.53. The first-order valence-corrected chi connectivity index (χ1v) is 6.50. The van der Waals surface area contributed by atoms with Crippen LogP contribution in [0.4, 0.5) is 13.2 Å². The third kappa shape index (κ3) is 2.17. The van der Waals surface area contributed by atoms with E-state index in [-0.39, 0.29) is 11.8 Å². The van der Waals surface area contributed by atoms with Crippen LogP contribution >= 0.6 is 0 Å². The van der Waals surface area contributed by atoms with Gasteiger partial charge in [0.05, 0.1) is 22.6 Å². The van der Waals surface area contributed by atoms with Gasteiger partial charge in [0.25, 0.3) is 0 Å². The molecule has 0 bridgehead atoms. The molecule has 0 saturated carbocycles. The summed E-state index contributed by atoms with van der Waals surface area (Å²) in [7, 11) is 0. The summed E-state index contributed by atoms with van der Waals surface area (Å²) >= 11 is 0. The van der Waals surface area contributed by atoms with E-state index in [0.717, 1.165) is 17.8 Å². The number of aromatic nitrogens is 2. The van der Waals surface area contributed by atoms with Crippen molar-refractivity contribution in [2.45, 2.75) is 32.2 Å². The molecule has 3 rings (SSSR count). The average molecular weight is 297 g/mol. The highest BCUT2D eigenvalue weighted by Gasteiger charge is 2.34. The van der Waals surface area contributed by atoms with Gasteiger partial charge in [-0.3, -0.25) is 4.57 Å². The Bertz CT molecular complexity index is 691. The number of ether oxygens (including phenoxy) is 1. The number of rotatable bonds is 1.